The Hall–Kier alpha value is -2.74. The molecule has 0 unspecified atom stereocenters. The van der Waals surface area contributed by atoms with Crippen LogP contribution >= 0.6 is 11.8 Å². The average Bonchev–Trinajstić information content (AvgIpc) is 3.12. The van der Waals surface area contributed by atoms with Crippen LogP contribution in [0.25, 0.3) is 17.1 Å². The van der Waals surface area contributed by atoms with Crippen molar-refractivity contribution in [3.05, 3.63) is 54.6 Å². The minimum atomic E-state index is -0.443. The summed E-state index contributed by atoms with van der Waals surface area (Å²) in [6.45, 7) is 4.07. The van der Waals surface area contributed by atoms with Crippen LogP contribution in [0.5, 0.6) is 0 Å². The fourth-order valence-corrected chi connectivity index (χ4v) is 3.88. The molecule has 0 N–H and O–H groups in total. The average molecular weight is 400 g/mol. The number of hydrogen-bond donors (Lipinski definition) is 0. The Bertz CT molecular complexity index is 933. The van der Waals surface area contributed by atoms with Gasteiger partial charge in [-0.15, -0.1) is 10.2 Å². The molecule has 0 saturated carbocycles. The second-order valence-electron chi connectivity index (χ2n) is 5.98. The van der Waals surface area contributed by atoms with Gasteiger partial charge in [0.05, 0.1) is 12.3 Å². The second kappa shape index (κ2) is 9.45. The zero-order valence-electron chi connectivity index (χ0n) is 15.7. The molecule has 0 amide bonds. The van der Waals surface area contributed by atoms with Crippen molar-refractivity contribution in [3.63, 3.8) is 0 Å². The molecular weight excluding hydrogens is 379 g/mol. The van der Waals surface area contributed by atoms with Gasteiger partial charge in [0.2, 0.25) is 0 Å². The third-order valence-corrected chi connectivity index (χ3v) is 5.18. The van der Waals surface area contributed by atoms with Crippen LogP contribution in [0.15, 0.2) is 53.9 Å². The van der Waals surface area contributed by atoms with Crippen molar-refractivity contribution in [2.24, 2.45) is 0 Å². The molecule has 1 aromatic carbocycles. The number of pyridine rings is 1. The molecule has 3 aromatic rings. The largest absolute Gasteiger partial charge is 0.465 e. The minimum Gasteiger partial charge on any atom is -0.465 e. The number of rotatable bonds is 8. The van der Waals surface area contributed by atoms with Crippen molar-refractivity contribution in [1.29, 1.82) is 0 Å². The third kappa shape index (κ3) is 4.39. The number of carbonyl (C=O) groups excluding carboxylic acids is 1. The van der Waals surface area contributed by atoms with E-state index in [1.165, 1.54) is 17.8 Å². The molecule has 0 aliphatic rings. The van der Waals surface area contributed by atoms with Gasteiger partial charge in [-0.3, -0.25) is 14.3 Å². The summed E-state index contributed by atoms with van der Waals surface area (Å²) in [5.41, 5.74) is 1.02. The van der Waals surface area contributed by atoms with Gasteiger partial charge in [0.15, 0.2) is 11.0 Å². The molecule has 28 heavy (non-hydrogen) atoms. The maximum absolute atomic E-state index is 14.6. The molecule has 0 bridgehead atoms. The van der Waals surface area contributed by atoms with Crippen LogP contribution < -0.4 is 0 Å². The number of nitrogens with zero attached hydrogens (tertiary/aromatic N) is 4. The zero-order valence-corrected chi connectivity index (χ0v) is 16.5. The maximum Gasteiger partial charge on any atom is 0.319 e. The van der Waals surface area contributed by atoms with Gasteiger partial charge in [-0.25, -0.2) is 4.39 Å². The number of carbonyl (C=O) groups is 1. The number of hydrogen-bond acceptors (Lipinski definition) is 6. The smallest absolute Gasteiger partial charge is 0.319 e. The summed E-state index contributed by atoms with van der Waals surface area (Å²) in [6.07, 6.45) is 4.72. The van der Waals surface area contributed by atoms with E-state index < -0.39 is 11.1 Å². The Morgan fingerprint density at radius 1 is 1.21 bits per heavy atom. The molecule has 8 heteroatoms. The van der Waals surface area contributed by atoms with Crippen LogP contribution in [0.4, 0.5) is 4.39 Å². The molecule has 2 aromatic heterocycles. The van der Waals surface area contributed by atoms with Gasteiger partial charge in [0, 0.05) is 18.0 Å². The lowest BCUT2D eigenvalue weighted by molar-refractivity contribution is -0.142. The van der Waals surface area contributed by atoms with E-state index in [-0.39, 0.29) is 5.97 Å². The molecule has 0 spiro atoms. The van der Waals surface area contributed by atoms with Crippen molar-refractivity contribution in [2.45, 2.75) is 37.1 Å². The molecule has 3 rings (SSSR count). The first kappa shape index (κ1) is 20.0. The van der Waals surface area contributed by atoms with E-state index in [1.54, 1.807) is 48.1 Å². The normalized spacial score (nSPS) is 12.0. The molecule has 0 aliphatic heterocycles. The Morgan fingerprint density at radius 3 is 2.71 bits per heavy atom. The van der Waals surface area contributed by atoms with Crippen molar-refractivity contribution in [2.75, 3.05) is 6.61 Å². The number of halogens is 1. The summed E-state index contributed by atoms with van der Waals surface area (Å²) in [7, 11) is 0. The molecular formula is C20H21FN4O2S. The van der Waals surface area contributed by atoms with Crippen LogP contribution in [0, 0.1) is 5.82 Å². The Balaban J connectivity index is 2.08. The second-order valence-corrected chi connectivity index (χ2v) is 7.15. The monoisotopic (exact) mass is 400 g/mol. The molecule has 0 saturated heterocycles. The lowest BCUT2D eigenvalue weighted by Crippen LogP contribution is -2.21. The maximum atomic E-state index is 14.6. The number of ether oxygens (including phenoxy) is 1. The first-order valence-electron chi connectivity index (χ1n) is 9.09. The minimum absolute atomic E-state index is 0.305. The Kier molecular flexibility index (Phi) is 6.76. The molecule has 1 atom stereocenters. The van der Waals surface area contributed by atoms with Crippen LogP contribution in [-0.4, -0.2) is 37.6 Å². The van der Waals surface area contributed by atoms with Gasteiger partial charge in [0.1, 0.15) is 11.1 Å². The summed E-state index contributed by atoms with van der Waals surface area (Å²) in [5, 5.41) is 8.49. The van der Waals surface area contributed by atoms with Gasteiger partial charge in [-0.05, 0) is 37.6 Å². The summed E-state index contributed by atoms with van der Waals surface area (Å²) < 4.78 is 21.4. The van der Waals surface area contributed by atoms with E-state index in [0.717, 1.165) is 6.42 Å². The number of esters is 1. The van der Waals surface area contributed by atoms with Crippen molar-refractivity contribution >= 4 is 17.7 Å². The van der Waals surface area contributed by atoms with Crippen LogP contribution in [0.2, 0.25) is 0 Å². The molecule has 0 radical (unpaired) electrons. The quantitative estimate of drug-likeness (QED) is 0.415. The standard InChI is InChI=1S/C20H21FN4O2S/c1-3-8-17(19(26)27-4-2)28-20-24-23-18(14-9-7-12-22-13-14)25(20)16-11-6-5-10-15(16)21/h5-7,9-13,17H,3-4,8H2,1-2H3/t17-/m0/s1. The van der Waals surface area contributed by atoms with E-state index in [0.29, 0.717) is 35.3 Å². The van der Waals surface area contributed by atoms with E-state index >= 15 is 0 Å². The Morgan fingerprint density at radius 2 is 2.04 bits per heavy atom. The van der Waals surface area contributed by atoms with Crippen LogP contribution in [-0.2, 0) is 9.53 Å². The molecule has 0 fully saturated rings. The predicted octanol–water partition coefficient (Wildman–Crippen LogP) is 4.29. The molecule has 6 nitrogen and oxygen atoms in total. The SMILES string of the molecule is CCC[C@H](Sc1nnc(-c2cccnc2)n1-c1ccccc1F)C(=O)OCC. The van der Waals surface area contributed by atoms with Crippen LogP contribution in [0.1, 0.15) is 26.7 Å². The summed E-state index contributed by atoms with van der Waals surface area (Å²) >= 11 is 1.23. The highest BCUT2D eigenvalue weighted by Crippen LogP contribution is 2.32. The summed E-state index contributed by atoms with van der Waals surface area (Å²) in [5.74, 6) is -0.252. The van der Waals surface area contributed by atoms with Crippen molar-refractivity contribution in [3.8, 4) is 17.1 Å². The zero-order chi connectivity index (χ0) is 19.9. The van der Waals surface area contributed by atoms with E-state index in [4.69, 9.17) is 4.74 Å². The van der Waals surface area contributed by atoms with Gasteiger partial charge in [-0.2, -0.15) is 0 Å². The number of para-hydroxylation sites is 1. The lowest BCUT2D eigenvalue weighted by atomic mass is 10.2. The van der Waals surface area contributed by atoms with Crippen LogP contribution in [0.3, 0.4) is 0 Å². The first-order chi connectivity index (χ1) is 13.7. The van der Waals surface area contributed by atoms with Crippen molar-refractivity contribution < 1.29 is 13.9 Å². The molecule has 0 aliphatic carbocycles. The molecule has 146 valence electrons. The number of thioether (sulfide) groups is 1. The van der Waals surface area contributed by atoms with Gasteiger partial charge < -0.3 is 4.74 Å². The Labute approximate surface area is 167 Å². The molecule has 2 heterocycles. The van der Waals surface area contributed by atoms with Gasteiger partial charge in [-0.1, -0.05) is 37.2 Å². The third-order valence-electron chi connectivity index (χ3n) is 3.99. The fourth-order valence-electron chi connectivity index (χ4n) is 2.73. The topological polar surface area (TPSA) is 69.9 Å². The number of benzene rings is 1. The summed E-state index contributed by atoms with van der Waals surface area (Å²) in [4.78, 5) is 16.5. The van der Waals surface area contributed by atoms with Gasteiger partial charge >= 0.3 is 5.97 Å². The van der Waals surface area contributed by atoms with Crippen molar-refractivity contribution in [1.82, 2.24) is 19.7 Å². The predicted molar refractivity (Wildman–Crippen MR) is 106 cm³/mol. The van der Waals surface area contributed by atoms with E-state index in [2.05, 4.69) is 15.2 Å². The highest BCUT2D eigenvalue weighted by Gasteiger charge is 2.26. The highest BCUT2D eigenvalue weighted by molar-refractivity contribution is 8.00. The fraction of sp³-hybridized carbons (Fsp3) is 0.300. The van der Waals surface area contributed by atoms with Gasteiger partial charge in [0.25, 0.3) is 0 Å². The lowest BCUT2D eigenvalue weighted by Gasteiger charge is -2.16. The number of aromatic nitrogens is 4. The highest BCUT2D eigenvalue weighted by atomic mass is 32.2. The van der Waals surface area contributed by atoms with E-state index in [1.807, 2.05) is 13.0 Å². The first-order valence-corrected chi connectivity index (χ1v) is 9.97. The van der Waals surface area contributed by atoms with E-state index in [9.17, 15) is 9.18 Å². The summed E-state index contributed by atoms with van der Waals surface area (Å²) in [6, 6.07) is 10.0.